The fraction of sp³-hybridized carbons (Fsp3) is 0.909. The Morgan fingerprint density at radius 1 is 1.38 bits per heavy atom. The van der Waals surface area contributed by atoms with E-state index in [1.54, 1.807) is 0 Å². The Kier molecular flexibility index (Phi) is 8.47. The van der Waals surface area contributed by atoms with E-state index in [4.69, 9.17) is 5.73 Å². The SMILES string of the molecule is CCCC(C)NC(=O)CS(=O)CCC(C)N. The Morgan fingerprint density at radius 3 is 2.50 bits per heavy atom. The van der Waals surface area contributed by atoms with E-state index in [0.29, 0.717) is 12.2 Å². The molecule has 5 heteroatoms. The van der Waals surface area contributed by atoms with Crippen LogP contribution in [0, 0.1) is 0 Å². The van der Waals surface area contributed by atoms with Gasteiger partial charge in [0.15, 0.2) is 0 Å². The summed E-state index contributed by atoms with van der Waals surface area (Å²) in [5, 5.41) is 2.84. The third-order valence-electron chi connectivity index (χ3n) is 2.22. The lowest BCUT2D eigenvalue weighted by Gasteiger charge is -2.12. The van der Waals surface area contributed by atoms with E-state index in [1.807, 2.05) is 13.8 Å². The molecule has 0 saturated heterocycles. The molecule has 0 aliphatic carbocycles. The van der Waals surface area contributed by atoms with Crippen LogP contribution in [0.5, 0.6) is 0 Å². The molecule has 0 spiro atoms. The van der Waals surface area contributed by atoms with Gasteiger partial charge in [-0.05, 0) is 26.7 Å². The normalized spacial score (nSPS) is 16.5. The van der Waals surface area contributed by atoms with E-state index < -0.39 is 10.8 Å². The molecule has 3 atom stereocenters. The highest BCUT2D eigenvalue weighted by Gasteiger charge is 2.10. The van der Waals surface area contributed by atoms with Gasteiger partial charge in [-0.25, -0.2) is 0 Å². The van der Waals surface area contributed by atoms with E-state index >= 15 is 0 Å². The minimum atomic E-state index is -1.08. The number of hydrogen-bond donors (Lipinski definition) is 2. The molecule has 0 aromatic carbocycles. The van der Waals surface area contributed by atoms with Crippen LogP contribution in [0.1, 0.15) is 40.0 Å². The fourth-order valence-electron chi connectivity index (χ4n) is 1.36. The van der Waals surface area contributed by atoms with Crippen molar-refractivity contribution in [2.45, 2.75) is 52.1 Å². The molecule has 0 rings (SSSR count). The average Bonchev–Trinajstić information content (AvgIpc) is 2.14. The van der Waals surface area contributed by atoms with Crippen molar-refractivity contribution in [3.05, 3.63) is 0 Å². The van der Waals surface area contributed by atoms with Crippen LogP contribution in [-0.2, 0) is 15.6 Å². The van der Waals surface area contributed by atoms with Gasteiger partial charge in [0.1, 0.15) is 5.75 Å². The highest BCUT2D eigenvalue weighted by Crippen LogP contribution is 1.96. The highest BCUT2D eigenvalue weighted by atomic mass is 32.2. The standard InChI is InChI=1S/C11H24N2O2S/c1-4-5-10(3)13-11(14)8-16(15)7-6-9(2)12/h9-10H,4-8,12H2,1-3H3,(H,13,14). The Labute approximate surface area is 101 Å². The van der Waals surface area contributed by atoms with Crippen molar-refractivity contribution in [2.24, 2.45) is 5.73 Å². The maximum Gasteiger partial charge on any atom is 0.232 e. The predicted octanol–water partition coefficient (Wildman–Crippen LogP) is 0.777. The molecule has 0 fully saturated rings. The van der Waals surface area contributed by atoms with Crippen LogP contribution in [0.2, 0.25) is 0 Å². The van der Waals surface area contributed by atoms with E-state index in [9.17, 15) is 9.00 Å². The van der Waals surface area contributed by atoms with Gasteiger partial charge in [-0.3, -0.25) is 9.00 Å². The van der Waals surface area contributed by atoms with Crippen LogP contribution in [0.25, 0.3) is 0 Å². The second kappa shape index (κ2) is 8.70. The van der Waals surface area contributed by atoms with Crippen molar-refractivity contribution in [3.8, 4) is 0 Å². The lowest BCUT2D eigenvalue weighted by Crippen LogP contribution is -2.36. The van der Waals surface area contributed by atoms with Crippen molar-refractivity contribution >= 4 is 16.7 Å². The predicted molar refractivity (Wildman–Crippen MR) is 68.7 cm³/mol. The van der Waals surface area contributed by atoms with E-state index in [-0.39, 0.29) is 23.7 Å². The summed E-state index contributed by atoms with van der Waals surface area (Å²) in [7, 11) is -1.08. The van der Waals surface area contributed by atoms with Gasteiger partial charge >= 0.3 is 0 Å². The van der Waals surface area contributed by atoms with Crippen molar-refractivity contribution in [1.82, 2.24) is 5.32 Å². The Balaban J connectivity index is 3.74. The molecule has 0 aromatic rings. The average molecular weight is 248 g/mol. The maximum absolute atomic E-state index is 11.5. The first kappa shape index (κ1) is 15.6. The van der Waals surface area contributed by atoms with Gasteiger partial charge in [-0.15, -0.1) is 0 Å². The molecule has 0 aromatic heterocycles. The highest BCUT2D eigenvalue weighted by molar-refractivity contribution is 7.85. The summed E-state index contributed by atoms with van der Waals surface area (Å²) in [6.45, 7) is 5.91. The third-order valence-corrected chi connectivity index (χ3v) is 3.50. The zero-order valence-electron chi connectivity index (χ0n) is 10.5. The first-order valence-electron chi connectivity index (χ1n) is 5.85. The monoisotopic (exact) mass is 248 g/mol. The first-order chi connectivity index (χ1) is 7.45. The quantitative estimate of drug-likeness (QED) is 0.666. The topological polar surface area (TPSA) is 72.2 Å². The minimum absolute atomic E-state index is 0.0472. The smallest absolute Gasteiger partial charge is 0.232 e. The molecule has 0 aliphatic rings. The van der Waals surface area contributed by atoms with Gasteiger partial charge in [0.05, 0.1) is 0 Å². The third kappa shape index (κ3) is 8.85. The lowest BCUT2D eigenvalue weighted by atomic mass is 10.2. The number of hydrogen-bond acceptors (Lipinski definition) is 3. The molecular weight excluding hydrogens is 224 g/mol. The van der Waals surface area contributed by atoms with Crippen LogP contribution < -0.4 is 11.1 Å². The molecule has 16 heavy (non-hydrogen) atoms. The molecule has 0 radical (unpaired) electrons. The first-order valence-corrected chi connectivity index (χ1v) is 7.34. The van der Waals surface area contributed by atoms with Gasteiger partial charge in [-0.1, -0.05) is 13.3 Å². The molecule has 96 valence electrons. The van der Waals surface area contributed by atoms with Crippen molar-refractivity contribution in [3.63, 3.8) is 0 Å². The molecule has 3 N–H and O–H groups in total. The molecule has 1 amide bonds. The molecule has 3 unspecified atom stereocenters. The van der Waals surface area contributed by atoms with Gasteiger partial charge in [0, 0.05) is 28.6 Å². The van der Waals surface area contributed by atoms with Gasteiger partial charge in [-0.2, -0.15) is 0 Å². The summed E-state index contributed by atoms with van der Waals surface area (Å²) >= 11 is 0. The Hall–Kier alpha value is -0.420. The zero-order valence-corrected chi connectivity index (χ0v) is 11.3. The maximum atomic E-state index is 11.5. The van der Waals surface area contributed by atoms with Gasteiger partial charge in [0.2, 0.25) is 5.91 Å². The summed E-state index contributed by atoms with van der Waals surface area (Å²) in [6.07, 6.45) is 2.69. The van der Waals surface area contributed by atoms with Gasteiger partial charge in [0.25, 0.3) is 0 Å². The number of amides is 1. The number of nitrogens with two attached hydrogens (primary N) is 1. The summed E-state index contributed by atoms with van der Waals surface area (Å²) in [4.78, 5) is 11.4. The number of rotatable bonds is 8. The van der Waals surface area contributed by atoms with E-state index in [1.165, 1.54) is 0 Å². The van der Waals surface area contributed by atoms with Crippen LogP contribution in [0.4, 0.5) is 0 Å². The summed E-state index contributed by atoms with van der Waals surface area (Å²) in [5.41, 5.74) is 5.56. The van der Waals surface area contributed by atoms with Crippen LogP contribution in [-0.4, -0.2) is 33.7 Å². The zero-order chi connectivity index (χ0) is 12.6. The summed E-state index contributed by atoms with van der Waals surface area (Å²) in [6, 6.07) is 0.217. The van der Waals surface area contributed by atoms with Gasteiger partial charge < -0.3 is 11.1 Å². The van der Waals surface area contributed by atoms with Crippen LogP contribution in [0.3, 0.4) is 0 Å². The number of carbonyl (C=O) groups excluding carboxylic acids is 1. The molecule has 0 aliphatic heterocycles. The molecular formula is C11H24N2O2S. The summed E-state index contributed by atoms with van der Waals surface area (Å²) in [5.74, 6) is 0.484. The largest absolute Gasteiger partial charge is 0.353 e. The van der Waals surface area contributed by atoms with Crippen molar-refractivity contribution in [2.75, 3.05) is 11.5 Å². The molecule has 0 saturated carbocycles. The summed E-state index contributed by atoms with van der Waals surface area (Å²) < 4.78 is 11.5. The lowest BCUT2D eigenvalue weighted by molar-refractivity contribution is -0.119. The van der Waals surface area contributed by atoms with E-state index in [0.717, 1.165) is 12.8 Å². The second-order valence-corrected chi connectivity index (χ2v) is 5.89. The fourth-order valence-corrected chi connectivity index (χ4v) is 2.51. The molecule has 0 bridgehead atoms. The second-order valence-electron chi connectivity index (χ2n) is 4.31. The van der Waals surface area contributed by atoms with Crippen LogP contribution >= 0.6 is 0 Å². The Morgan fingerprint density at radius 2 is 2.00 bits per heavy atom. The molecule has 0 heterocycles. The van der Waals surface area contributed by atoms with E-state index in [2.05, 4.69) is 12.2 Å². The molecule has 4 nitrogen and oxygen atoms in total. The minimum Gasteiger partial charge on any atom is -0.353 e. The van der Waals surface area contributed by atoms with Crippen molar-refractivity contribution < 1.29 is 9.00 Å². The number of nitrogens with one attached hydrogen (secondary N) is 1. The van der Waals surface area contributed by atoms with Crippen LogP contribution in [0.15, 0.2) is 0 Å². The number of carbonyl (C=O) groups is 1. The van der Waals surface area contributed by atoms with Crippen molar-refractivity contribution in [1.29, 1.82) is 0 Å². The Bertz CT molecular complexity index is 232.